The third kappa shape index (κ3) is 2.17. The molecule has 1 aliphatic carbocycles. The van der Waals surface area contributed by atoms with Gasteiger partial charge in [0.2, 0.25) is 0 Å². The number of hydrogen-bond acceptors (Lipinski definition) is 1. The van der Waals surface area contributed by atoms with Crippen LogP contribution in [0.25, 0.3) is 0 Å². The zero-order chi connectivity index (χ0) is 10.1. The topological polar surface area (TPSA) is 17.1 Å². The summed E-state index contributed by atoms with van der Waals surface area (Å²) in [6, 6.07) is 0. The standard InChI is InChI=1S/C8H6F4O/c9-7-3-6(8(10,11)12)2-1-5(7)4-13/h1-2,4,7H,3H2. The minimum atomic E-state index is -4.50. The quantitative estimate of drug-likeness (QED) is 0.462. The van der Waals surface area contributed by atoms with Gasteiger partial charge in [-0.3, -0.25) is 4.79 Å². The first-order valence-corrected chi connectivity index (χ1v) is 3.52. The van der Waals surface area contributed by atoms with E-state index in [9.17, 15) is 22.4 Å². The third-order valence-electron chi connectivity index (χ3n) is 1.74. The van der Waals surface area contributed by atoms with Gasteiger partial charge in [-0.1, -0.05) is 12.2 Å². The van der Waals surface area contributed by atoms with Crippen LogP contribution >= 0.6 is 0 Å². The summed E-state index contributed by atoms with van der Waals surface area (Å²) in [5.74, 6) is 0. The molecule has 1 nitrogen and oxygen atoms in total. The predicted molar refractivity (Wildman–Crippen MR) is 37.8 cm³/mol. The van der Waals surface area contributed by atoms with Crippen LogP contribution in [0.5, 0.6) is 0 Å². The summed E-state index contributed by atoms with van der Waals surface area (Å²) in [4.78, 5) is 10.1. The monoisotopic (exact) mass is 194 g/mol. The van der Waals surface area contributed by atoms with Gasteiger partial charge in [0.1, 0.15) is 12.5 Å². The lowest BCUT2D eigenvalue weighted by molar-refractivity contribution is -0.106. The number of aldehydes is 1. The number of allylic oxidation sites excluding steroid dienone is 4. The molecule has 0 fully saturated rings. The van der Waals surface area contributed by atoms with Crippen molar-refractivity contribution in [2.45, 2.75) is 18.8 Å². The van der Waals surface area contributed by atoms with Crippen molar-refractivity contribution in [3.8, 4) is 0 Å². The molecule has 5 heteroatoms. The average molecular weight is 194 g/mol. The van der Waals surface area contributed by atoms with Crippen LogP contribution < -0.4 is 0 Å². The van der Waals surface area contributed by atoms with Gasteiger partial charge in [0, 0.05) is 17.6 Å². The molecular formula is C8H6F4O. The van der Waals surface area contributed by atoms with E-state index in [0.29, 0.717) is 0 Å². The molecule has 1 unspecified atom stereocenters. The largest absolute Gasteiger partial charge is 0.412 e. The Balaban J connectivity index is 2.90. The highest BCUT2D eigenvalue weighted by Crippen LogP contribution is 2.33. The zero-order valence-electron chi connectivity index (χ0n) is 6.44. The number of rotatable bonds is 1. The maximum Gasteiger partial charge on any atom is 0.412 e. The lowest BCUT2D eigenvalue weighted by Crippen LogP contribution is -2.20. The van der Waals surface area contributed by atoms with Gasteiger partial charge >= 0.3 is 6.18 Å². The molecule has 0 bridgehead atoms. The number of carbonyl (C=O) groups is 1. The van der Waals surface area contributed by atoms with Crippen molar-refractivity contribution in [2.24, 2.45) is 0 Å². The molecule has 1 atom stereocenters. The van der Waals surface area contributed by atoms with E-state index in [0.717, 1.165) is 12.2 Å². The van der Waals surface area contributed by atoms with Gasteiger partial charge in [0.05, 0.1) is 0 Å². The number of alkyl halides is 4. The van der Waals surface area contributed by atoms with E-state index >= 15 is 0 Å². The van der Waals surface area contributed by atoms with Crippen molar-refractivity contribution >= 4 is 6.29 Å². The molecule has 0 saturated heterocycles. The highest BCUT2D eigenvalue weighted by atomic mass is 19.4. The first-order valence-electron chi connectivity index (χ1n) is 3.52. The molecule has 0 spiro atoms. The van der Waals surface area contributed by atoms with Gasteiger partial charge < -0.3 is 0 Å². The van der Waals surface area contributed by atoms with Crippen LogP contribution in [-0.2, 0) is 4.79 Å². The lowest BCUT2D eigenvalue weighted by Gasteiger charge is -2.17. The Bertz CT molecular complexity index is 274. The van der Waals surface area contributed by atoms with Crippen LogP contribution in [0.1, 0.15) is 6.42 Å². The first-order chi connectivity index (χ1) is 5.95. The minimum absolute atomic E-state index is 0.230. The minimum Gasteiger partial charge on any atom is -0.298 e. The molecule has 0 N–H and O–H groups in total. The molecule has 1 aliphatic rings. The fourth-order valence-corrected chi connectivity index (χ4v) is 1.00. The fraction of sp³-hybridized carbons (Fsp3) is 0.375. The van der Waals surface area contributed by atoms with Crippen LogP contribution in [0.4, 0.5) is 17.6 Å². The Morgan fingerprint density at radius 3 is 2.38 bits per heavy atom. The van der Waals surface area contributed by atoms with Crippen LogP contribution in [-0.4, -0.2) is 18.6 Å². The van der Waals surface area contributed by atoms with Crippen molar-refractivity contribution < 1.29 is 22.4 Å². The van der Waals surface area contributed by atoms with Crippen LogP contribution in [0.15, 0.2) is 23.3 Å². The van der Waals surface area contributed by atoms with Crippen LogP contribution in [0.3, 0.4) is 0 Å². The van der Waals surface area contributed by atoms with E-state index in [1.807, 2.05) is 0 Å². The van der Waals surface area contributed by atoms with Gasteiger partial charge in [0.15, 0.2) is 0 Å². The van der Waals surface area contributed by atoms with E-state index in [1.165, 1.54) is 0 Å². The number of hydrogen-bond donors (Lipinski definition) is 0. The highest BCUT2D eigenvalue weighted by Gasteiger charge is 2.36. The second-order valence-corrected chi connectivity index (χ2v) is 2.65. The van der Waals surface area contributed by atoms with Gasteiger partial charge in [-0.25, -0.2) is 4.39 Å². The van der Waals surface area contributed by atoms with Gasteiger partial charge in [-0.15, -0.1) is 0 Å². The molecular weight excluding hydrogens is 188 g/mol. The second-order valence-electron chi connectivity index (χ2n) is 2.65. The van der Waals surface area contributed by atoms with E-state index in [2.05, 4.69) is 0 Å². The Labute approximate surface area is 71.7 Å². The maximum atomic E-state index is 12.8. The Hall–Kier alpha value is -1.13. The van der Waals surface area contributed by atoms with Crippen molar-refractivity contribution in [1.82, 2.24) is 0 Å². The third-order valence-corrected chi connectivity index (χ3v) is 1.74. The SMILES string of the molecule is O=CC1=CC=C(C(F)(F)F)CC1F. The second kappa shape index (κ2) is 3.32. The molecule has 72 valence electrons. The number of halogens is 4. The summed E-state index contributed by atoms with van der Waals surface area (Å²) in [6.45, 7) is 0. The van der Waals surface area contributed by atoms with E-state index < -0.39 is 24.3 Å². The van der Waals surface area contributed by atoms with Crippen LogP contribution in [0.2, 0.25) is 0 Å². The summed E-state index contributed by atoms with van der Waals surface area (Å²) in [5, 5.41) is 0. The summed E-state index contributed by atoms with van der Waals surface area (Å²) in [7, 11) is 0. The molecule has 0 aromatic heterocycles. The molecule has 1 rings (SSSR count). The van der Waals surface area contributed by atoms with Crippen LogP contribution in [0, 0.1) is 0 Å². The molecule has 13 heavy (non-hydrogen) atoms. The lowest BCUT2D eigenvalue weighted by atomic mass is 9.97. The molecule has 0 radical (unpaired) electrons. The molecule has 0 aliphatic heterocycles. The Morgan fingerprint density at radius 2 is 2.00 bits per heavy atom. The summed E-state index contributed by atoms with van der Waals surface area (Å²) in [5.41, 5.74) is -1.18. The number of carbonyl (C=O) groups excluding carboxylic acids is 1. The Morgan fingerprint density at radius 1 is 1.38 bits per heavy atom. The van der Waals surface area contributed by atoms with Gasteiger partial charge in [-0.2, -0.15) is 13.2 Å². The van der Waals surface area contributed by atoms with Gasteiger partial charge in [0.25, 0.3) is 0 Å². The highest BCUT2D eigenvalue weighted by molar-refractivity contribution is 5.76. The summed E-state index contributed by atoms with van der Waals surface area (Å²) >= 11 is 0. The molecule has 0 heterocycles. The van der Waals surface area contributed by atoms with Crippen molar-refractivity contribution in [1.29, 1.82) is 0 Å². The molecule has 0 saturated carbocycles. The maximum absolute atomic E-state index is 12.8. The molecule has 0 aromatic rings. The van der Waals surface area contributed by atoms with Crippen molar-refractivity contribution in [3.05, 3.63) is 23.3 Å². The first kappa shape index (κ1) is 9.95. The fourth-order valence-electron chi connectivity index (χ4n) is 1.00. The Kier molecular flexibility index (Phi) is 2.54. The molecule has 0 aromatic carbocycles. The average Bonchev–Trinajstić information content (AvgIpc) is 2.02. The summed E-state index contributed by atoms with van der Waals surface area (Å²) < 4.78 is 48.8. The van der Waals surface area contributed by atoms with E-state index in [-0.39, 0.29) is 11.9 Å². The van der Waals surface area contributed by atoms with Gasteiger partial charge in [-0.05, 0) is 0 Å². The normalized spacial score (nSPS) is 23.5. The predicted octanol–water partition coefficient (Wildman–Crippen LogP) is 2.34. The van der Waals surface area contributed by atoms with E-state index in [4.69, 9.17) is 0 Å². The van der Waals surface area contributed by atoms with E-state index in [1.54, 1.807) is 0 Å². The smallest absolute Gasteiger partial charge is 0.298 e. The molecule has 0 amide bonds. The summed E-state index contributed by atoms with van der Waals surface area (Å²) in [6.07, 6.45) is -5.28. The zero-order valence-corrected chi connectivity index (χ0v) is 6.44. The van der Waals surface area contributed by atoms with Crippen molar-refractivity contribution in [3.63, 3.8) is 0 Å². The van der Waals surface area contributed by atoms with Crippen molar-refractivity contribution in [2.75, 3.05) is 0 Å².